The Morgan fingerprint density at radius 1 is 1.00 bits per heavy atom. The van der Waals surface area contributed by atoms with Crippen molar-refractivity contribution >= 4 is 0 Å². The molecule has 1 saturated heterocycles. The molecule has 0 amide bonds. The van der Waals surface area contributed by atoms with E-state index in [1.54, 1.807) is 0 Å². The van der Waals surface area contributed by atoms with Gasteiger partial charge in [0, 0.05) is 13.1 Å². The molecule has 1 nitrogen and oxygen atoms in total. The highest BCUT2D eigenvalue weighted by Crippen LogP contribution is 2.08. The molecular formula is C9H19N. The van der Waals surface area contributed by atoms with E-state index in [1.807, 2.05) is 0 Å². The third kappa shape index (κ3) is 3.89. The van der Waals surface area contributed by atoms with Gasteiger partial charge in [-0.15, -0.1) is 0 Å². The van der Waals surface area contributed by atoms with E-state index in [0.717, 1.165) is 0 Å². The highest BCUT2D eigenvalue weighted by molar-refractivity contribution is 4.71. The summed E-state index contributed by atoms with van der Waals surface area (Å²) in [5, 5.41) is 0. The van der Waals surface area contributed by atoms with Crippen molar-refractivity contribution in [1.29, 1.82) is 0 Å². The maximum atomic E-state index is 2.51. The van der Waals surface area contributed by atoms with E-state index >= 15 is 0 Å². The fourth-order valence-electron chi connectivity index (χ4n) is 1.23. The lowest BCUT2D eigenvalue weighted by atomic mass is 10.1. The highest BCUT2D eigenvalue weighted by atomic mass is 15.2. The first-order valence-electron chi connectivity index (χ1n) is 4.66. The molecule has 0 atom stereocenters. The summed E-state index contributed by atoms with van der Waals surface area (Å²) < 4.78 is 0. The van der Waals surface area contributed by atoms with Crippen molar-refractivity contribution in [2.24, 2.45) is 0 Å². The molecule has 1 aliphatic rings. The van der Waals surface area contributed by atoms with Crippen molar-refractivity contribution < 1.29 is 0 Å². The number of hydrogen-bond donors (Lipinski definition) is 0. The van der Waals surface area contributed by atoms with E-state index < -0.39 is 0 Å². The van der Waals surface area contributed by atoms with Crippen LogP contribution in [-0.2, 0) is 0 Å². The number of rotatable bonds is 6. The molecule has 1 fully saturated rings. The molecular weight excluding hydrogens is 122 g/mol. The van der Waals surface area contributed by atoms with Crippen LogP contribution in [0.25, 0.3) is 0 Å². The summed E-state index contributed by atoms with van der Waals surface area (Å²) in [6.45, 7) is 6.37. The third-order valence-corrected chi connectivity index (χ3v) is 2.12. The normalized spacial score (nSPS) is 17.7. The first kappa shape index (κ1) is 8.06. The number of unbranched alkanes of at least 4 members (excludes halogenated alkanes) is 4. The van der Waals surface area contributed by atoms with Gasteiger partial charge in [0.2, 0.25) is 0 Å². The van der Waals surface area contributed by atoms with Gasteiger partial charge in [-0.1, -0.05) is 32.6 Å². The highest BCUT2D eigenvalue weighted by Gasteiger charge is 2.14. The van der Waals surface area contributed by atoms with Crippen LogP contribution in [0, 0.1) is 0 Å². The molecule has 60 valence electrons. The Kier molecular flexibility index (Phi) is 3.81. The zero-order valence-corrected chi connectivity index (χ0v) is 7.10. The van der Waals surface area contributed by atoms with E-state index in [1.165, 1.54) is 51.7 Å². The summed E-state index contributed by atoms with van der Waals surface area (Å²) in [4.78, 5) is 2.51. The Morgan fingerprint density at radius 2 is 1.70 bits per heavy atom. The molecule has 0 saturated carbocycles. The van der Waals surface area contributed by atoms with Gasteiger partial charge < -0.3 is 4.90 Å². The molecule has 10 heavy (non-hydrogen) atoms. The molecule has 0 N–H and O–H groups in total. The summed E-state index contributed by atoms with van der Waals surface area (Å²) >= 11 is 0. The quantitative estimate of drug-likeness (QED) is 0.405. The van der Waals surface area contributed by atoms with E-state index in [9.17, 15) is 0 Å². The Bertz CT molecular complexity index is 76.8. The van der Waals surface area contributed by atoms with Crippen LogP contribution in [0.5, 0.6) is 0 Å². The van der Waals surface area contributed by atoms with Crippen LogP contribution < -0.4 is 0 Å². The molecule has 0 bridgehead atoms. The van der Waals surface area contributed by atoms with Crippen LogP contribution in [0.15, 0.2) is 0 Å². The van der Waals surface area contributed by atoms with Gasteiger partial charge >= 0.3 is 0 Å². The summed E-state index contributed by atoms with van der Waals surface area (Å²) in [6, 6.07) is 0. The van der Waals surface area contributed by atoms with Crippen LogP contribution in [0.1, 0.15) is 39.0 Å². The fourth-order valence-corrected chi connectivity index (χ4v) is 1.23. The molecule has 0 unspecified atom stereocenters. The Morgan fingerprint density at radius 3 is 2.30 bits per heavy atom. The molecule has 0 aromatic rings. The van der Waals surface area contributed by atoms with Gasteiger partial charge in [0.05, 0.1) is 0 Å². The first-order chi connectivity index (χ1) is 4.93. The van der Waals surface area contributed by atoms with Crippen molar-refractivity contribution in [3.8, 4) is 0 Å². The van der Waals surface area contributed by atoms with Crippen molar-refractivity contribution in [2.45, 2.75) is 39.0 Å². The SMILES string of the molecule is CCCCCCCN1CC1. The zero-order valence-electron chi connectivity index (χ0n) is 7.10. The van der Waals surface area contributed by atoms with Crippen molar-refractivity contribution in [1.82, 2.24) is 4.90 Å². The van der Waals surface area contributed by atoms with E-state index in [4.69, 9.17) is 0 Å². The smallest absolute Gasteiger partial charge is 0.0110 e. The van der Waals surface area contributed by atoms with E-state index in [-0.39, 0.29) is 0 Å². The predicted octanol–water partition coefficient (Wildman–Crippen LogP) is 2.27. The van der Waals surface area contributed by atoms with Gasteiger partial charge in [0.1, 0.15) is 0 Å². The summed E-state index contributed by atoms with van der Waals surface area (Å²) in [6.07, 6.45) is 7.12. The van der Waals surface area contributed by atoms with Gasteiger partial charge in [-0.2, -0.15) is 0 Å². The minimum absolute atomic E-state index is 1.36. The summed E-state index contributed by atoms with van der Waals surface area (Å²) in [7, 11) is 0. The fraction of sp³-hybridized carbons (Fsp3) is 1.00. The molecule has 0 radical (unpaired) electrons. The van der Waals surface area contributed by atoms with Crippen LogP contribution in [0.2, 0.25) is 0 Å². The molecule has 0 spiro atoms. The maximum Gasteiger partial charge on any atom is 0.0110 e. The van der Waals surface area contributed by atoms with Gasteiger partial charge in [-0.05, 0) is 13.0 Å². The van der Waals surface area contributed by atoms with Crippen LogP contribution in [0.4, 0.5) is 0 Å². The maximum absolute atomic E-state index is 2.51. The second-order valence-corrected chi connectivity index (χ2v) is 3.26. The molecule has 0 aromatic carbocycles. The molecule has 0 aromatic heterocycles. The lowest BCUT2D eigenvalue weighted by Gasteiger charge is -1.99. The van der Waals surface area contributed by atoms with Crippen LogP contribution in [-0.4, -0.2) is 24.5 Å². The first-order valence-corrected chi connectivity index (χ1v) is 4.66. The standard InChI is InChI=1S/C9H19N/c1-2-3-4-5-6-7-10-8-9-10/h2-9H2,1H3. The second kappa shape index (κ2) is 4.73. The minimum Gasteiger partial charge on any atom is -0.301 e. The van der Waals surface area contributed by atoms with Crippen LogP contribution in [0.3, 0.4) is 0 Å². The second-order valence-electron chi connectivity index (χ2n) is 3.26. The number of hydrogen-bond acceptors (Lipinski definition) is 1. The molecule has 1 heterocycles. The Balaban J connectivity index is 1.68. The zero-order chi connectivity index (χ0) is 7.23. The average Bonchev–Trinajstić information content (AvgIpc) is 2.71. The molecule has 1 heteroatoms. The monoisotopic (exact) mass is 141 g/mol. The minimum atomic E-state index is 1.36. The Hall–Kier alpha value is -0.0400. The van der Waals surface area contributed by atoms with Crippen molar-refractivity contribution in [2.75, 3.05) is 19.6 Å². The van der Waals surface area contributed by atoms with E-state index in [2.05, 4.69) is 11.8 Å². The van der Waals surface area contributed by atoms with Crippen molar-refractivity contribution in [3.05, 3.63) is 0 Å². The topological polar surface area (TPSA) is 3.01 Å². The van der Waals surface area contributed by atoms with Gasteiger partial charge in [-0.25, -0.2) is 0 Å². The number of nitrogens with zero attached hydrogens (tertiary/aromatic N) is 1. The van der Waals surface area contributed by atoms with Gasteiger partial charge in [0.25, 0.3) is 0 Å². The lowest BCUT2D eigenvalue weighted by Crippen LogP contribution is -1.97. The van der Waals surface area contributed by atoms with Gasteiger partial charge in [-0.3, -0.25) is 0 Å². The molecule has 1 rings (SSSR count). The largest absolute Gasteiger partial charge is 0.301 e. The molecule has 0 aliphatic carbocycles. The lowest BCUT2D eigenvalue weighted by molar-refractivity contribution is 0.505. The summed E-state index contributed by atoms with van der Waals surface area (Å²) in [5.41, 5.74) is 0. The van der Waals surface area contributed by atoms with Crippen LogP contribution >= 0.6 is 0 Å². The van der Waals surface area contributed by atoms with Crippen molar-refractivity contribution in [3.63, 3.8) is 0 Å². The molecule has 1 aliphatic heterocycles. The van der Waals surface area contributed by atoms with Gasteiger partial charge in [0.15, 0.2) is 0 Å². The predicted molar refractivity (Wildman–Crippen MR) is 45.2 cm³/mol. The summed E-state index contributed by atoms with van der Waals surface area (Å²) in [5.74, 6) is 0. The van der Waals surface area contributed by atoms with E-state index in [0.29, 0.717) is 0 Å². The third-order valence-electron chi connectivity index (χ3n) is 2.12. The Labute approximate surface area is 64.4 Å². The average molecular weight is 141 g/mol.